The number of ether oxygens (including phenoxy) is 2. The molecule has 0 saturated carbocycles. The van der Waals surface area contributed by atoms with E-state index in [4.69, 9.17) is 9.47 Å². The van der Waals surface area contributed by atoms with Gasteiger partial charge in [0.05, 0.1) is 23.4 Å². The van der Waals surface area contributed by atoms with Crippen LogP contribution in [0.15, 0.2) is 30.3 Å². The lowest BCUT2D eigenvalue weighted by atomic mass is 9.74. The molecule has 0 spiro atoms. The van der Waals surface area contributed by atoms with Gasteiger partial charge in [-0.2, -0.15) is 0 Å². The molecule has 9 nitrogen and oxygen atoms in total. The number of phenolic OH excluding ortho intramolecular Hbond substituents is 1. The second kappa shape index (κ2) is 7.94. The van der Waals surface area contributed by atoms with Crippen LogP contribution in [0.4, 0.5) is 0 Å². The smallest absolute Gasteiger partial charge is 0.198 e. The van der Waals surface area contributed by atoms with Gasteiger partial charge in [-0.05, 0) is 25.5 Å². The molecule has 0 aromatic heterocycles. The Morgan fingerprint density at radius 3 is 2.32 bits per heavy atom. The fraction of sp³-hybridized carbons (Fsp3) is 0.440. The van der Waals surface area contributed by atoms with Crippen molar-refractivity contribution in [2.24, 2.45) is 0 Å². The third-order valence-corrected chi connectivity index (χ3v) is 6.94. The van der Waals surface area contributed by atoms with Gasteiger partial charge >= 0.3 is 0 Å². The molecule has 2 aromatic rings. The minimum Gasteiger partial charge on any atom is -0.507 e. The zero-order chi connectivity index (χ0) is 24.5. The summed E-state index contributed by atoms with van der Waals surface area (Å²) in [6.45, 7) is 3.08. The second-order valence-corrected chi connectivity index (χ2v) is 9.61. The number of carbonyl (C=O) groups is 2. The highest BCUT2D eigenvalue weighted by molar-refractivity contribution is 6.29. The number of rotatable bonds is 2. The Kier molecular flexibility index (Phi) is 5.40. The number of phenols is 1. The molecule has 7 unspecified atom stereocenters. The van der Waals surface area contributed by atoms with E-state index in [1.54, 1.807) is 25.1 Å². The first-order valence-corrected chi connectivity index (χ1v) is 11.1. The minimum absolute atomic E-state index is 0.00925. The summed E-state index contributed by atoms with van der Waals surface area (Å²) in [5.74, 6) is -1.31. The zero-order valence-corrected chi connectivity index (χ0v) is 18.6. The molecular formula is C25H26O9. The normalized spacial score (nSPS) is 34.9. The average molecular weight is 470 g/mol. The summed E-state index contributed by atoms with van der Waals surface area (Å²) in [5, 5.41) is 52.6. The molecule has 5 N–H and O–H groups in total. The summed E-state index contributed by atoms with van der Waals surface area (Å²) in [6, 6.07) is 7.88. The number of aliphatic hydroxyl groups excluding tert-OH is 3. The Labute approximate surface area is 195 Å². The molecule has 0 amide bonds. The van der Waals surface area contributed by atoms with Crippen LogP contribution in [0, 0.1) is 0 Å². The number of ketones is 2. The Bertz CT molecular complexity index is 1190. The molecule has 1 heterocycles. The maximum atomic E-state index is 13.2. The minimum atomic E-state index is -1.59. The molecule has 2 aliphatic carbocycles. The summed E-state index contributed by atoms with van der Waals surface area (Å²) >= 11 is 0. The van der Waals surface area contributed by atoms with Crippen molar-refractivity contribution < 1.29 is 44.6 Å². The third kappa shape index (κ3) is 3.48. The van der Waals surface area contributed by atoms with Crippen LogP contribution < -0.4 is 0 Å². The summed E-state index contributed by atoms with van der Waals surface area (Å²) in [7, 11) is 0. The fourth-order valence-electron chi connectivity index (χ4n) is 5.20. The second-order valence-electron chi connectivity index (χ2n) is 9.61. The highest BCUT2D eigenvalue weighted by Crippen LogP contribution is 2.47. The largest absolute Gasteiger partial charge is 0.507 e. The standard InChI is InChI=1S/C25H26O9/c1-10-18(26)22(30)23(31)24(33-10)34-15-9-25(2,32)8-11-7-14-17(21(29)16(11)15)20(28)13-6-4-3-5-12(13)19(14)27/h3-7,10,15,18,22-24,26,29-32H,8-9H2,1-2H3. The first-order valence-electron chi connectivity index (χ1n) is 11.1. The van der Waals surface area contributed by atoms with Crippen LogP contribution in [0.5, 0.6) is 5.75 Å². The quantitative estimate of drug-likeness (QED) is 0.365. The first kappa shape index (κ1) is 23.1. The van der Waals surface area contributed by atoms with E-state index in [0.29, 0.717) is 5.56 Å². The van der Waals surface area contributed by atoms with Crippen LogP contribution in [0.2, 0.25) is 0 Å². The maximum absolute atomic E-state index is 13.2. The molecule has 2 aromatic carbocycles. The Hall–Kier alpha value is -2.66. The molecule has 1 aliphatic heterocycles. The monoisotopic (exact) mass is 470 g/mol. The van der Waals surface area contributed by atoms with Crippen molar-refractivity contribution in [1.82, 2.24) is 0 Å². The van der Waals surface area contributed by atoms with E-state index >= 15 is 0 Å². The number of aliphatic hydroxyl groups is 4. The topological polar surface area (TPSA) is 154 Å². The predicted octanol–water partition coefficient (Wildman–Crippen LogP) is 0.750. The van der Waals surface area contributed by atoms with Crippen LogP contribution in [-0.2, 0) is 15.9 Å². The van der Waals surface area contributed by atoms with E-state index in [9.17, 15) is 35.1 Å². The number of aromatic hydroxyl groups is 1. The fourth-order valence-corrected chi connectivity index (χ4v) is 5.20. The van der Waals surface area contributed by atoms with Gasteiger partial charge in [-0.15, -0.1) is 0 Å². The van der Waals surface area contributed by atoms with Gasteiger partial charge in [0, 0.05) is 35.1 Å². The molecule has 5 rings (SSSR count). The van der Waals surface area contributed by atoms with Crippen molar-refractivity contribution >= 4 is 11.6 Å². The molecule has 9 heteroatoms. The molecule has 1 saturated heterocycles. The number of hydrogen-bond donors (Lipinski definition) is 5. The van der Waals surface area contributed by atoms with Crippen molar-refractivity contribution in [3.05, 3.63) is 63.7 Å². The van der Waals surface area contributed by atoms with E-state index in [1.807, 2.05) is 0 Å². The molecule has 3 aliphatic rings. The molecule has 34 heavy (non-hydrogen) atoms. The summed E-state index contributed by atoms with van der Waals surface area (Å²) in [4.78, 5) is 26.4. The Morgan fingerprint density at radius 2 is 1.65 bits per heavy atom. The maximum Gasteiger partial charge on any atom is 0.198 e. The van der Waals surface area contributed by atoms with E-state index < -0.39 is 59.7 Å². The van der Waals surface area contributed by atoms with E-state index in [1.165, 1.54) is 19.1 Å². The number of fused-ring (bicyclic) bond motifs is 3. The van der Waals surface area contributed by atoms with Crippen LogP contribution in [0.1, 0.15) is 69.3 Å². The molecule has 7 atom stereocenters. The summed E-state index contributed by atoms with van der Waals surface area (Å²) < 4.78 is 11.5. The van der Waals surface area contributed by atoms with Gasteiger partial charge < -0.3 is 35.0 Å². The van der Waals surface area contributed by atoms with Crippen molar-refractivity contribution in [1.29, 1.82) is 0 Å². The van der Waals surface area contributed by atoms with Gasteiger partial charge in [-0.1, -0.05) is 24.3 Å². The highest BCUT2D eigenvalue weighted by atomic mass is 16.7. The molecule has 1 fully saturated rings. The zero-order valence-electron chi connectivity index (χ0n) is 18.6. The molecular weight excluding hydrogens is 444 g/mol. The van der Waals surface area contributed by atoms with Gasteiger partial charge in [0.15, 0.2) is 17.9 Å². The third-order valence-electron chi connectivity index (χ3n) is 6.94. The van der Waals surface area contributed by atoms with E-state index in [0.717, 1.165) is 0 Å². The van der Waals surface area contributed by atoms with Gasteiger partial charge in [0.1, 0.15) is 24.1 Å². The SMILES string of the molecule is CC1OC(OC2CC(C)(O)Cc3cc4c(c(O)c32)C(=O)c2ccccc2C4=O)C(O)C(O)C1O. The van der Waals surface area contributed by atoms with Crippen molar-refractivity contribution in [3.63, 3.8) is 0 Å². The van der Waals surface area contributed by atoms with E-state index in [-0.39, 0.29) is 40.7 Å². The van der Waals surface area contributed by atoms with Gasteiger partial charge in [0.25, 0.3) is 0 Å². The number of benzene rings is 2. The van der Waals surface area contributed by atoms with Crippen LogP contribution in [0.25, 0.3) is 0 Å². The van der Waals surface area contributed by atoms with Crippen LogP contribution >= 0.6 is 0 Å². The first-order chi connectivity index (χ1) is 16.0. The Morgan fingerprint density at radius 1 is 1.00 bits per heavy atom. The van der Waals surface area contributed by atoms with E-state index in [2.05, 4.69) is 0 Å². The van der Waals surface area contributed by atoms with Gasteiger partial charge in [0.2, 0.25) is 0 Å². The lowest BCUT2D eigenvalue weighted by Gasteiger charge is -2.43. The van der Waals surface area contributed by atoms with Crippen LogP contribution in [0.3, 0.4) is 0 Å². The van der Waals surface area contributed by atoms with Crippen molar-refractivity contribution in [3.8, 4) is 5.75 Å². The van der Waals surface area contributed by atoms with Crippen molar-refractivity contribution in [2.45, 2.75) is 69.1 Å². The number of hydrogen-bond acceptors (Lipinski definition) is 9. The van der Waals surface area contributed by atoms with Crippen LogP contribution in [-0.4, -0.2) is 73.4 Å². The summed E-state index contributed by atoms with van der Waals surface area (Å²) in [6.07, 6.45) is -7.59. The lowest BCUT2D eigenvalue weighted by Crippen LogP contribution is -2.57. The Balaban J connectivity index is 1.60. The highest BCUT2D eigenvalue weighted by Gasteiger charge is 2.47. The molecule has 180 valence electrons. The lowest BCUT2D eigenvalue weighted by molar-refractivity contribution is -0.308. The molecule has 0 radical (unpaired) electrons. The van der Waals surface area contributed by atoms with Gasteiger partial charge in [-0.25, -0.2) is 0 Å². The molecule has 0 bridgehead atoms. The average Bonchev–Trinajstić information content (AvgIpc) is 2.78. The number of carbonyl (C=O) groups excluding carboxylic acids is 2. The van der Waals surface area contributed by atoms with Gasteiger partial charge in [-0.3, -0.25) is 9.59 Å². The van der Waals surface area contributed by atoms with Crippen molar-refractivity contribution in [2.75, 3.05) is 0 Å². The predicted molar refractivity (Wildman–Crippen MR) is 117 cm³/mol. The summed E-state index contributed by atoms with van der Waals surface area (Å²) in [5.41, 5.74) is -0.292.